The summed E-state index contributed by atoms with van der Waals surface area (Å²) in [5.41, 5.74) is 4.58. The number of fused-ring (bicyclic) bond motifs is 4. The molecule has 4 nitrogen and oxygen atoms in total. The fraction of sp³-hybridized carbons (Fsp3) is 0.360. The first-order valence-corrected chi connectivity index (χ1v) is 11.9. The first-order valence-electron chi connectivity index (χ1n) is 11.1. The molecular formula is C25H24ClN3OS. The molecule has 1 saturated heterocycles. The third-order valence-corrected chi connectivity index (χ3v) is 7.87. The summed E-state index contributed by atoms with van der Waals surface area (Å²) >= 11 is 12.2. The zero-order chi connectivity index (χ0) is 21.1. The molecule has 3 aromatic rings. The molecule has 6 rings (SSSR count). The number of H-pyrrole nitrogens is 1. The van der Waals surface area contributed by atoms with Crippen molar-refractivity contribution < 1.29 is 4.79 Å². The van der Waals surface area contributed by atoms with Crippen molar-refractivity contribution in [1.29, 1.82) is 0 Å². The van der Waals surface area contributed by atoms with E-state index in [9.17, 15) is 4.79 Å². The van der Waals surface area contributed by atoms with Gasteiger partial charge in [-0.25, -0.2) is 0 Å². The maximum atomic E-state index is 13.7. The molecule has 0 spiro atoms. The summed E-state index contributed by atoms with van der Waals surface area (Å²) in [5.74, 6) is 0.173. The van der Waals surface area contributed by atoms with Crippen LogP contribution in [0, 0.1) is 0 Å². The highest BCUT2D eigenvalue weighted by atomic mass is 35.5. The molecule has 2 atom stereocenters. The van der Waals surface area contributed by atoms with E-state index in [1.807, 2.05) is 23.1 Å². The molecule has 31 heavy (non-hydrogen) atoms. The number of hydrogen-bond donors (Lipinski definition) is 1. The van der Waals surface area contributed by atoms with E-state index in [1.54, 1.807) is 0 Å². The number of para-hydroxylation sites is 1. The van der Waals surface area contributed by atoms with Gasteiger partial charge in [-0.15, -0.1) is 0 Å². The molecule has 3 aliphatic rings. The molecule has 1 aromatic heterocycles. The Kier molecular flexibility index (Phi) is 4.58. The number of carbonyl (C=O) groups is 1. The zero-order valence-corrected chi connectivity index (χ0v) is 18.8. The van der Waals surface area contributed by atoms with Crippen LogP contribution in [0.5, 0.6) is 0 Å². The van der Waals surface area contributed by atoms with Crippen LogP contribution in [0.2, 0.25) is 5.02 Å². The van der Waals surface area contributed by atoms with Crippen molar-refractivity contribution in [2.24, 2.45) is 0 Å². The van der Waals surface area contributed by atoms with Gasteiger partial charge in [0.1, 0.15) is 6.04 Å². The minimum atomic E-state index is -0.248. The highest BCUT2D eigenvalue weighted by molar-refractivity contribution is 7.80. The lowest BCUT2D eigenvalue weighted by atomic mass is 9.89. The number of nitrogens with one attached hydrogen (secondary N) is 1. The molecule has 6 heteroatoms. The van der Waals surface area contributed by atoms with Gasteiger partial charge in [-0.2, -0.15) is 0 Å². The number of thiocarbonyl (C=S) groups is 1. The summed E-state index contributed by atoms with van der Waals surface area (Å²) in [6.07, 6.45) is 6.38. The van der Waals surface area contributed by atoms with Gasteiger partial charge in [0.2, 0.25) is 0 Å². The van der Waals surface area contributed by atoms with E-state index < -0.39 is 0 Å². The highest BCUT2D eigenvalue weighted by Gasteiger charge is 2.52. The fourth-order valence-electron chi connectivity index (χ4n) is 5.76. The number of carbonyl (C=O) groups excluding carboxylic acids is 1. The zero-order valence-electron chi connectivity index (χ0n) is 17.2. The highest BCUT2D eigenvalue weighted by Crippen LogP contribution is 2.45. The van der Waals surface area contributed by atoms with Crippen molar-refractivity contribution in [1.82, 2.24) is 14.8 Å². The van der Waals surface area contributed by atoms with Crippen LogP contribution in [0.4, 0.5) is 0 Å². The average molecular weight is 450 g/mol. The van der Waals surface area contributed by atoms with Gasteiger partial charge < -0.3 is 9.88 Å². The van der Waals surface area contributed by atoms with Gasteiger partial charge >= 0.3 is 0 Å². The summed E-state index contributed by atoms with van der Waals surface area (Å²) in [5, 5.41) is 2.59. The number of hydrogen-bond acceptors (Lipinski definition) is 2. The summed E-state index contributed by atoms with van der Waals surface area (Å²) < 4.78 is 0. The smallest absolute Gasteiger partial charge is 0.252 e. The second kappa shape index (κ2) is 7.35. The van der Waals surface area contributed by atoms with Gasteiger partial charge in [0.25, 0.3) is 5.91 Å². The van der Waals surface area contributed by atoms with Gasteiger partial charge in [0.05, 0.1) is 6.04 Å². The normalized spacial score (nSPS) is 24.0. The van der Waals surface area contributed by atoms with Crippen molar-refractivity contribution in [3.63, 3.8) is 0 Å². The Bertz CT molecular complexity index is 1180. The predicted octanol–water partition coefficient (Wildman–Crippen LogP) is 5.60. The first kappa shape index (κ1) is 19.3. The number of amides is 1. The van der Waals surface area contributed by atoms with Crippen molar-refractivity contribution in [3.8, 4) is 0 Å². The molecule has 2 aromatic carbocycles. The van der Waals surface area contributed by atoms with E-state index >= 15 is 0 Å². The lowest BCUT2D eigenvalue weighted by Gasteiger charge is -2.38. The van der Waals surface area contributed by atoms with Crippen LogP contribution in [-0.4, -0.2) is 37.9 Å². The van der Waals surface area contributed by atoms with Crippen molar-refractivity contribution in [3.05, 3.63) is 70.4 Å². The SMILES string of the molecule is O=C1[C@H]2Cc3c([nH]c4ccccc34)[C@H](c3ccc(Cl)cc3)N2C(=S)N1C1CCCCC1. The number of nitrogens with zero attached hydrogens (tertiary/aromatic N) is 2. The van der Waals surface area contributed by atoms with Crippen molar-refractivity contribution >= 4 is 45.7 Å². The summed E-state index contributed by atoms with van der Waals surface area (Å²) in [6.45, 7) is 0. The molecule has 1 aliphatic carbocycles. The minimum Gasteiger partial charge on any atom is -0.356 e. The van der Waals surface area contributed by atoms with Crippen molar-refractivity contribution in [2.75, 3.05) is 0 Å². The van der Waals surface area contributed by atoms with Gasteiger partial charge in [-0.3, -0.25) is 9.69 Å². The molecule has 3 heterocycles. The van der Waals surface area contributed by atoms with E-state index in [-0.39, 0.29) is 24.0 Å². The lowest BCUT2D eigenvalue weighted by Crippen LogP contribution is -2.44. The third-order valence-electron chi connectivity index (χ3n) is 7.21. The largest absolute Gasteiger partial charge is 0.356 e. The minimum absolute atomic E-state index is 0.122. The van der Waals surface area contributed by atoms with Crippen LogP contribution in [0.25, 0.3) is 10.9 Å². The first-order chi connectivity index (χ1) is 15.1. The Morgan fingerprint density at radius 3 is 2.52 bits per heavy atom. The molecule has 158 valence electrons. The Morgan fingerprint density at radius 2 is 1.74 bits per heavy atom. The second-order valence-corrected chi connectivity index (χ2v) is 9.73. The van der Waals surface area contributed by atoms with Crippen molar-refractivity contribution in [2.45, 2.75) is 56.7 Å². The molecule has 2 fully saturated rings. The Hall–Kier alpha value is -2.37. The number of aromatic nitrogens is 1. The standard InChI is InChI=1S/C25H24ClN3OS/c26-16-12-10-15(11-13-16)23-22-19(18-8-4-5-9-20(18)27-22)14-21-24(30)28(25(31)29(21)23)17-6-2-1-3-7-17/h4-5,8-13,17,21,23,27H,1-3,6-7,14H2/t21-,23+/m1/s1. The quantitative estimate of drug-likeness (QED) is 0.518. The predicted molar refractivity (Wildman–Crippen MR) is 127 cm³/mol. The Balaban J connectivity index is 1.51. The van der Waals surface area contributed by atoms with Crippen LogP contribution in [0.1, 0.15) is 55.0 Å². The van der Waals surface area contributed by atoms with Gasteiger partial charge in [0, 0.05) is 34.1 Å². The fourth-order valence-corrected chi connectivity index (χ4v) is 6.36. The number of benzene rings is 2. The van der Waals surface area contributed by atoms with Crippen LogP contribution in [0.3, 0.4) is 0 Å². The molecule has 0 bridgehead atoms. The van der Waals surface area contributed by atoms with Crippen LogP contribution < -0.4 is 0 Å². The average Bonchev–Trinajstić information content (AvgIpc) is 3.29. The third kappa shape index (κ3) is 2.94. The number of aromatic amines is 1. The second-order valence-electron chi connectivity index (χ2n) is 8.93. The molecule has 0 radical (unpaired) electrons. The number of halogens is 1. The molecule has 1 amide bonds. The molecule has 0 unspecified atom stereocenters. The van der Waals surface area contributed by atoms with Crippen LogP contribution in [-0.2, 0) is 11.2 Å². The van der Waals surface area contributed by atoms with E-state index in [4.69, 9.17) is 23.8 Å². The van der Waals surface area contributed by atoms with Crippen LogP contribution in [0.15, 0.2) is 48.5 Å². The van der Waals surface area contributed by atoms with Crippen LogP contribution >= 0.6 is 23.8 Å². The van der Waals surface area contributed by atoms with E-state index in [0.29, 0.717) is 16.6 Å². The summed E-state index contributed by atoms with van der Waals surface area (Å²) in [4.78, 5) is 21.5. The maximum absolute atomic E-state index is 13.7. The van der Waals surface area contributed by atoms with E-state index in [0.717, 1.165) is 29.6 Å². The summed E-state index contributed by atoms with van der Waals surface area (Å²) in [7, 11) is 0. The topological polar surface area (TPSA) is 39.3 Å². The van der Waals surface area contributed by atoms with E-state index in [1.165, 1.54) is 30.2 Å². The maximum Gasteiger partial charge on any atom is 0.252 e. The van der Waals surface area contributed by atoms with Gasteiger partial charge in [-0.1, -0.05) is 61.2 Å². The Labute approximate surface area is 192 Å². The molecule has 1 N–H and O–H groups in total. The lowest BCUT2D eigenvalue weighted by molar-refractivity contribution is -0.130. The Morgan fingerprint density at radius 1 is 1.00 bits per heavy atom. The molecule has 2 aliphatic heterocycles. The molecular weight excluding hydrogens is 426 g/mol. The van der Waals surface area contributed by atoms with Gasteiger partial charge in [-0.05, 0) is 54.4 Å². The van der Waals surface area contributed by atoms with Gasteiger partial charge in [0.15, 0.2) is 5.11 Å². The molecule has 1 saturated carbocycles. The van der Waals surface area contributed by atoms with E-state index in [2.05, 4.69) is 40.2 Å². The summed E-state index contributed by atoms with van der Waals surface area (Å²) in [6, 6.07) is 16.2. The number of rotatable bonds is 2. The monoisotopic (exact) mass is 449 g/mol.